The van der Waals surface area contributed by atoms with Gasteiger partial charge >= 0.3 is 0 Å². The molecule has 2 aromatic rings. The number of hydrogen-bond acceptors (Lipinski definition) is 3. The van der Waals surface area contributed by atoms with E-state index in [0.717, 1.165) is 18.9 Å². The molecule has 1 fully saturated rings. The monoisotopic (exact) mass is 289 g/mol. The van der Waals surface area contributed by atoms with Crippen molar-refractivity contribution in [3.05, 3.63) is 48.3 Å². The predicted molar refractivity (Wildman–Crippen MR) is 74.5 cm³/mol. The van der Waals surface area contributed by atoms with Gasteiger partial charge in [0, 0.05) is 37.6 Å². The molecule has 0 atom stereocenters. The summed E-state index contributed by atoms with van der Waals surface area (Å²) in [4.78, 5) is 18.1. The molecular formula is C15H16FN3O2. The maximum absolute atomic E-state index is 13.0. The van der Waals surface area contributed by atoms with E-state index in [4.69, 9.17) is 0 Å². The fourth-order valence-electron chi connectivity index (χ4n) is 2.71. The van der Waals surface area contributed by atoms with Crippen LogP contribution < -0.4 is 0 Å². The van der Waals surface area contributed by atoms with Crippen molar-refractivity contribution in [1.82, 2.24) is 14.5 Å². The number of likely N-dealkylation sites (tertiary alicyclic amines) is 1. The molecule has 0 aliphatic carbocycles. The molecule has 0 bridgehead atoms. The van der Waals surface area contributed by atoms with E-state index in [1.807, 2.05) is 6.20 Å². The van der Waals surface area contributed by atoms with Gasteiger partial charge in [-0.25, -0.2) is 9.37 Å². The van der Waals surface area contributed by atoms with E-state index in [1.165, 1.54) is 12.1 Å². The number of phenolic OH excluding ortho intramolecular Hbond substituents is 1. The van der Waals surface area contributed by atoms with Crippen LogP contribution in [0, 0.1) is 5.82 Å². The first-order valence-corrected chi connectivity index (χ1v) is 6.90. The Hall–Kier alpha value is -2.37. The quantitative estimate of drug-likeness (QED) is 0.922. The number of halogens is 1. The highest BCUT2D eigenvalue weighted by molar-refractivity contribution is 5.96. The van der Waals surface area contributed by atoms with Gasteiger partial charge in [-0.3, -0.25) is 4.79 Å². The van der Waals surface area contributed by atoms with Gasteiger partial charge in [0.1, 0.15) is 11.6 Å². The van der Waals surface area contributed by atoms with Crippen molar-refractivity contribution in [2.24, 2.45) is 0 Å². The summed E-state index contributed by atoms with van der Waals surface area (Å²) < 4.78 is 15.0. The van der Waals surface area contributed by atoms with Crippen LogP contribution in [-0.4, -0.2) is 38.6 Å². The highest BCUT2D eigenvalue weighted by Crippen LogP contribution is 2.25. The number of amides is 1. The second-order valence-electron chi connectivity index (χ2n) is 5.19. The van der Waals surface area contributed by atoms with Gasteiger partial charge in [0.05, 0.1) is 11.9 Å². The lowest BCUT2D eigenvalue weighted by atomic mass is 10.0. The van der Waals surface area contributed by atoms with Gasteiger partial charge in [0.2, 0.25) is 0 Å². The summed E-state index contributed by atoms with van der Waals surface area (Å²) in [6.45, 7) is 1.22. The number of piperidine rings is 1. The van der Waals surface area contributed by atoms with Crippen LogP contribution >= 0.6 is 0 Å². The molecular weight excluding hydrogens is 273 g/mol. The number of nitrogens with zero attached hydrogens (tertiary/aromatic N) is 3. The Morgan fingerprint density at radius 1 is 1.33 bits per heavy atom. The lowest BCUT2D eigenvalue weighted by Gasteiger charge is -2.32. The number of benzene rings is 1. The van der Waals surface area contributed by atoms with Gasteiger partial charge in [-0.05, 0) is 25.0 Å². The van der Waals surface area contributed by atoms with Crippen LogP contribution in [0.1, 0.15) is 29.2 Å². The molecule has 1 amide bonds. The largest absolute Gasteiger partial charge is 0.507 e. The number of aromatic nitrogens is 2. The first kappa shape index (κ1) is 13.6. The minimum absolute atomic E-state index is 0.150. The Morgan fingerprint density at radius 2 is 2.10 bits per heavy atom. The van der Waals surface area contributed by atoms with Crippen molar-refractivity contribution in [3.63, 3.8) is 0 Å². The predicted octanol–water partition coefficient (Wildman–Crippen LogP) is 2.21. The highest BCUT2D eigenvalue weighted by Gasteiger charge is 2.25. The molecule has 1 aromatic carbocycles. The smallest absolute Gasteiger partial charge is 0.257 e. The molecule has 1 aliphatic heterocycles. The molecule has 1 aromatic heterocycles. The molecule has 0 unspecified atom stereocenters. The lowest BCUT2D eigenvalue weighted by Crippen LogP contribution is -2.38. The van der Waals surface area contributed by atoms with Crippen molar-refractivity contribution < 1.29 is 14.3 Å². The van der Waals surface area contributed by atoms with Crippen LogP contribution in [0.4, 0.5) is 4.39 Å². The standard InChI is InChI=1S/C15H16FN3O2/c16-11-1-2-13(14(20)9-11)15(21)18-6-3-12(4-7-18)19-8-5-17-10-19/h1-2,5,8-10,12,20H,3-4,6-7H2. The van der Waals surface area contributed by atoms with Gasteiger partial charge in [-0.15, -0.1) is 0 Å². The van der Waals surface area contributed by atoms with Gasteiger partial charge in [-0.1, -0.05) is 0 Å². The molecule has 1 N–H and O–H groups in total. The molecule has 0 saturated carbocycles. The van der Waals surface area contributed by atoms with Crippen molar-refractivity contribution in [1.29, 1.82) is 0 Å². The molecule has 1 aliphatic rings. The maximum atomic E-state index is 13.0. The third-order valence-electron chi connectivity index (χ3n) is 3.89. The van der Waals surface area contributed by atoms with E-state index >= 15 is 0 Å². The van der Waals surface area contributed by atoms with E-state index in [0.29, 0.717) is 19.1 Å². The normalized spacial score (nSPS) is 16.1. The Morgan fingerprint density at radius 3 is 2.71 bits per heavy atom. The van der Waals surface area contributed by atoms with Gasteiger partial charge in [0.15, 0.2) is 0 Å². The fourth-order valence-corrected chi connectivity index (χ4v) is 2.71. The van der Waals surface area contributed by atoms with Crippen LogP contribution in [0.2, 0.25) is 0 Å². The van der Waals surface area contributed by atoms with Crippen molar-refractivity contribution in [3.8, 4) is 5.75 Å². The Balaban J connectivity index is 1.67. The first-order valence-electron chi connectivity index (χ1n) is 6.90. The average molecular weight is 289 g/mol. The summed E-state index contributed by atoms with van der Waals surface area (Å²) in [6, 6.07) is 3.82. The maximum Gasteiger partial charge on any atom is 0.257 e. The summed E-state index contributed by atoms with van der Waals surface area (Å²) in [7, 11) is 0. The van der Waals surface area contributed by atoms with Gasteiger partial charge < -0.3 is 14.6 Å². The molecule has 0 spiro atoms. The topological polar surface area (TPSA) is 58.4 Å². The minimum Gasteiger partial charge on any atom is -0.507 e. The molecule has 1 saturated heterocycles. The first-order chi connectivity index (χ1) is 10.1. The lowest BCUT2D eigenvalue weighted by molar-refractivity contribution is 0.0691. The van der Waals surface area contributed by atoms with Crippen LogP contribution in [-0.2, 0) is 0 Å². The molecule has 3 rings (SSSR count). The van der Waals surface area contributed by atoms with Crippen LogP contribution in [0.15, 0.2) is 36.9 Å². The summed E-state index contributed by atoms with van der Waals surface area (Å²) in [5, 5.41) is 9.69. The highest BCUT2D eigenvalue weighted by atomic mass is 19.1. The zero-order valence-electron chi connectivity index (χ0n) is 11.4. The number of rotatable bonds is 2. The number of carbonyl (C=O) groups is 1. The summed E-state index contributed by atoms with van der Waals surface area (Å²) in [6.07, 6.45) is 7.13. The van der Waals surface area contributed by atoms with Gasteiger partial charge in [-0.2, -0.15) is 0 Å². The molecule has 2 heterocycles. The van der Waals surface area contributed by atoms with Crippen molar-refractivity contribution in [2.45, 2.75) is 18.9 Å². The third-order valence-corrected chi connectivity index (χ3v) is 3.89. The molecule has 110 valence electrons. The van der Waals surface area contributed by atoms with Crippen molar-refractivity contribution in [2.75, 3.05) is 13.1 Å². The fraction of sp³-hybridized carbons (Fsp3) is 0.333. The van der Waals surface area contributed by atoms with E-state index in [1.54, 1.807) is 17.4 Å². The van der Waals surface area contributed by atoms with E-state index in [-0.39, 0.29) is 17.2 Å². The Kier molecular flexibility index (Phi) is 3.60. The number of imidazole rings is 1. The summed E-state index contributed by atoms with van der Waals surface area (Å²) in [5.41, 5.74) is 0.150. The number of hydrogen-bond donors (Lipinski definition) is 1. The second kappa shape index (κ2) is 5.55. The zero-order valence-corrected chi connectivity index (χ0v) is 11.4. The van der Waals surface area contributed by atoms with Crippen LogP contribution in [0.3, 0.4) is 0 Å². The molecule has 5 nitrogen and oxygen atoms in total. The summed E-state index contributed by atoms with van der Waals surface area (Å²) in [5.74, 6) is -1.11. The zero-order chi connectivity index (χ0) is 14.8. The summed E-state index contributed by atoms with van der Waals surface area (Å²) >= 11 is 0. The van der Waals surface area contributed by atoms with Crippen molar-refractivity contribution >= 4 is 5.91 Å². The Labute approximate surface area is 121 Å². The minimum atomic E-state index is -0.553. The SMILES string of the molecule is O=C(c1ccc(F)cc1O)N1CCC(n2ccnc2)CC1. The number of carbonyl (C=O) groups excluding carboxylic acids is 1. The van der Waals surface area contributed by atoms with Crippen LogP contribution in [0.5, 0.6) is 5.75 Å². The van der Waals surface area contributed by atoms with E-state index < -0.39 is 5.82 Å². The molecule has 21 heavy (non-hydrogen) atoms. The third kappa shape index (κ3) is 2.74. The number of phenols is 1. The second-order valence-corrected chi connectivity index (χ2v) is 5.19. The Bertz CT molecular complexity index is 634. The van der Waals surface area contributed by atoms with E-state index in [2.05, 4.69) is 9.55 Å². The van der Waals surface area contributed by atoms with Crippen LogP contribution in [0.25, 0.3) is 0 Å². The number of aromatic hydroxyl groups is 1. The van der Waals surface area contributed by atoms with E-state index in [9.17, 15) is 14.3 Å². The average Bonchev–Trinajstić information content (AvgIpc) is 3.01. The molecule has 0 radical (unpaired) electrons. The molecule has 6 heteroatoms. The van der Waals surface area contributed by atoms with Gasteiger partial charge in [0.25, 0.3) is 5.91 Å².